The number of benzene rings is 2. The first kappa shape index (κ1) is 21.7. The van der Waals surface area contributed by atoms with Crippen molar-refractivity contribution in [2.75, 3.05) is 18.4 Å². The summed E-state index contributed by atoms with van der Waals surface area (Å²) in [6, 6.07) is 13.5. The highest BCUT2D eigenvalue weighted by Gasteiger charge is 2.25. The molecule has 1 amide bonds. The predicted octanol–water partition coefficient (Wildman–Crippen LogP) is 4.47. The van der Waals surface area contributed by atoms with E-state index in [0.29, 0.717) is 23.9 Å². The Labute approximate surface area is 170 Å². The zero-order valence-corrected chi connectivity index (χ0v) is 16.6. The van der Waals surface area contributed by atoms with Gasteiger partial charge in [0.15, 0.2) is 0 Å². The van der Waals surface area contributed by atoms with Crippen LogP contribution in [0.25, 0.3) is 0 Å². The molecule has 28 heavy (non-hydrogen) atoms. The van der Waals surface area contributed by atoms with Gasteiger partial charge in [-0.05, 0) is 49.6 Å². The van der Waals surface area contributed by atoms with Crippen molar-refractivity contribution in [3.8, 4) is 5.75 Å². The Morgan fingerprint density at radius 1 is 1.21 bits per heavy atom. The summed E-state index contributed by atoms with van der Waals surface area (Å²) in [5.41, 5.74) is 1.57. The number of hydrogen-bond donors (Lipinski definition) is 2. The molecule has 0 aromatic heterocycles. The van der Waals surface area contributed by atoms with E-state index in [9.17, 15) is 9.18 Å². The van der Waals surface area contributed by atoms with Crippen molar-refractivity contribution in [2.24, 2.45) is 5.92 Å². The first-order valence-electron chi connectivity index (χ1n) is 9.09. The Bertz CT molecular complexity index is 806. The summed E-state index contributed by atoms with van der Waals surface area (Å²) in [5.74, 6) is 0.897. The third-order valence-corrected chi connectivity index (χ3v) is 4.76. The minimum Gasteiger partial charge on any atom is -0.489 e. The van der Waals surface area contributed by atoms with Gasteiger partial charge in [0.2, 0.25) is 5.91 Å². The lowest BCUT2D eigenvalue weighted by atomic mass is 9.95. The van der Waals surface area contributed by atoms with Gasteiger partial charge in [0.1, 0.15) is 18.2 Å². The quantitative estimate of drug-likeness (QED) is 0.569. The van der Waals surface area contributed by atoms with Gasteiger partial charge in [-0.1, -0.05) is 18.2 Å². The van der Waals surface area contributed by atoms with Gasteiger partial charge < -0.3 is 15.0 Å². The fraction of sp³-hybridized carbons (Fsp3) is 0.333. The Morgan fingerprint density at radius 2 is 1.89 bits per heavy atom. The van der Waals surface area contributed by atoms with Crippen LogP contribution in [0.15, 0.2) is 48.5 Å². The van der Waals surface area contributed by atoms with E-state index in [4.69, 9.17) is 10.1 Å². The number of amides is 1. The smallest absolute Gasteiger partial charge is 0.227 e. The number of nitrogens with one attached hydrogen (secondary N) is 2. The van der Waals surface area contributed by atoms with Crippen LogP contribution >= 0.6 is 12.4 Å². The summed E-state index contributed by atoms with van der Waals surface area (Å²) in [6.45, 7) is 3.60. The van der Waals surface area contributed by atoms with E-state index in [1.165, 1.54) is 12.1 Å². The zero-order chi connectivity index (χ0) is 19.2. The van der Waals surface area contributed by atoms with Gasteiger partial charge in [0, 0.05) is 30.8 Å². The van der Waals surface area contributed by atoms with E-state index in [0.717, 1.165) is 31.5 Å². The minimum atomic E-state index is -0.273. The topological polar surface area (TPSA) is 65.4 Å². The molecule has 0 spiro atoms. The van der Waals surface area contributed by atoms with Crippen LogP contribution in [0.3, 0.4) is 0 Å². The predicted molar refractivity (Wildman–Crippen MR) is 111 cm³/mol. The number of carbonyl (C=O) groups excluding carboxylic acids is 1. The van der Waals surface area contributed by atoms with Crippen molar-refractivity contribution in [3.63, 3.8) is 0 Å². The molecule has 1 heterocycles. The number of nitrogens with zero attached hydrogens (tertiary/aromatic N) is 1. The van der Waals surface area contributed by atoms with Gasteiger partial charge in [0.25, 0.3) is 0 Å². The second kappa shape index (κ2) is 10.1. The Morgan fingerprint density at radius 3 is 2.54 bits per heavy atom. The summed E-state index contributed by atoms with van der Waals surface area (Å²) in [6.07, 6.45) is 1.51. The maximum atomic E-state index is 12.9. The van der Waals surface area contributed by atoms with Crippen LogP contribution < -0.4 is 10.1 Å². The monoisotopic (exact) mass is 405 g/mol. The number of ether oxygens (including phenoxy) is 1. The van der Waals surface area contributed by atoms with Gasteiger partial charge in [-0.25, -0.2) is 4.39 Å². The third-order valence-electron chi connectivity index (χ3n) is 4.76. The number of halogens is 2. The number of likely N-dealkylation sites (tertiary alicyclic amines) is 1. The molecule has 0 atom stereocenters. The first-order chi connectivity index (χ1) is 13.0. The third kappa shape index (κ3) is 5.96. The highest BCUT2D eigenvalue weighted by molar-refractivity contribution is 5.93. The normalized spacial score (nSPS) is 14.1. The molecule has 0 saturated carbocycles. The summed E-state index contributed by atoms with van der Waals surface area (Å²) in [5, 5.41) is 10.6. The van der Waals surface area contributed by atoms with Gasteiger partial charge in [-0.15, -0.1) is 12.4 Å². The van der Waals surface area contributed by atoms with Gasteiger partial charge >= 0.3 is 0 Å². The van der Waals surface area contributed by atoms with Gasteiger partial charge in [-0.3, -0.25) is 10.2 Å². The Hall–Kier alpha value is -2.60. The maximum Gasteiger partial charge on any atom is 0.227 e. The van der Waals surface area contributed by atoms with Crippen molar-refractivity contribution >= 4 is 29.8 Å². The van der Waals surface area contributed by atoms with Crippen LogP contribution in [-0.2, 0) is 11.4 Å². The van der Waals surface area contributed by atoms with Crippen molar-refractivity contribution in [2.45, 2.75) is 26.4 Å². The number of anilines is 1. The van der Waals surface area contributed by atoms with Crippen molar-refractivity contribution in [3.05, 3.63) is 59.9 Å². The molecule has 7 heteroatoms. The van der Waals surface area contributed by atoms with Crippen LogP contribution in [0.4, 0.5) is 10.1 Å². The number of hydrogen-bond acceptors (Lipinski definition) is 3. The molecule has 150 valence electrons. The van der Waals surface area contributed by atoms with Crippen molar-refractivity contribution < 1.29 is 13.9 Å². The fourth-order valence-electron chi connectivity index (χ4n) is 3.13. The van der Waals surface area contributed by atoms with E-state index in [-0.39, 0.29) is 30.0 Å². The lowest BCUT2D eigenvalue weighted by Crippen LogP contribution is -2.40. The Balaban J connectivity index is 0.00000280. The summed E-state index contributed by atoms with van der Waals surface area (Å²) in [4.78, 5) is 14.5. The molecule has 2 N–H and O–H groups in total. The average Bonchev–Trinajstić information content (AvgIpc) is 2.68. The van der Waals surface area contributed by atoms with Crippen LogP contribution in [0.5, 0.6) is 5.75 Å². The molecule has 0 radical (unpaired) electrons. The maximum absolute atomic E-state index is 12.9. The molecule has 1 aliphatic rings. The van der Waals surface area contributed by atoms with Crippen LogP contribution in [-0.4, -0.2) is 29.7 Å². The second-order valence-corrected chi connectivity index (χ2v) is 6.78. The molecule has 2 aromatic rings. The molecular weight excluding hydrogens is 381 g/mol. The number of rotatable bonds is 5. The first-order valence-corrected chi connectivity index (χ1v) is 9.09. The standard InChI is InChI=1S/C21H24FN3O2.ClH/c1-15(23)25-11-9-17(10-12-25)21(26)24-19-3-2-4-20(13-19)27-14-16-5-7-18(22)8-6-16;/h2-8,13,17,23H,9-12,14H2,1H3,(H,24,26);1H. The van der Waals surface area contributed by atoms with Crippen LogP contribution in [0, 0.1) is 17.1 Å². The molecule has 0 aliphatic carbocycles. The van der Waals surface area contributed by atoms with E-state index in [2.05, 4.69) is 5.32 Å². The number of amidine groups is 1. The largest absolute Gasteiger partial charge is 0.489 e. The molecule has 1 aliphatic heterocycles. The molecule has 0 unspecified atom stereocenters. The lowest BCUT2D eigenvalue weighted by Gasteiger charge is -2.32. The lowest BCUT2D eigenvalue weighted by molar-refractivity contribution is -0.121. The molecule has 1 saturated heterocycles. The van der Waals surface area contributed by atoms with Crippen molar-refractivity contribution in [1.29, 1.82) is 5.41 Å². The number of piperidine rings is 1. The SMILES string of the molecule is CC(=N)N1CCC(C(=O)Nc2cccc(OCc3ccc(F)cc3)c2)CC1.Cl. The minimum absolute atomic E-state index is 0. The molecule has 1 fully saturated rings. The highest BCUT2D eigenvalue weighted by atomic mass is 35.5. The summed E-state index contributed by atoms with van der Waals surface area (Å²) in [7, 11) is 0. The summed E-state index contributed by atoms with van der Waals surface area (Å²) < 4.78 is 18.7. The van der Waals surface area contributed by atoms with Crippen LogP contribution in [0.1, 0.15) is 25.3 Å². The molecule has 5 nitrogen and oxygen atoms in total. The van der Waals surface area contributed by atoms with E-state index in [1.54, 1.807) is 25.1 Å². The van der Waals surface area contributed by atoms with Crippen LogP contribution in [0.2, 0.25) is 0 Å². The summed E-state index contributed by atoms with van der Waals surface area (Å²) >= 11 is 0. The van der Waals surface area contributed by atoms with E-state index in [1.807, 2.05) is 23.1 Å². The second-order valence-electron chi connectivity index (χ2n) is 6.78. The highest BCUT2D eigenvalue weighted by Crippen LogP contribution is 2.22. The van der Waals surface area contributed by atoms with E-state index < -0.39 is 0 Å². The van der Waals surface area contributed by atoms with E-state index >= 15 is 0 Å². The number of carbonyl (C=O) groups is 1. The van der Waals surface area contributed by atoms with Gasteiger partial charge in [0.05, 0.1) is 5.84 Å². The fourth-order valence-corrected chi connectivity index (χ4v) is 3.13. The Kier molecular flexibility index (Phi) is 7.81. The van der Waals surface area contributed by atoms with Crippen molar-refractivity contribution in [1.82, 2.24) is 4.90 Å². The average molecular weight is 406 g/mol. The molecule has 0 bridgehead atoms. The van der Waals surface area contributed by atoms with Gasteiger partial charge in [-0.2, -0.15) is 0 Å². The molecule has 3 rings (SSSR count). The molecule has 2 aromatic carbocycles. The molecular formula is C21H25ClFN3O2. The zero-order valence-electron chi connectivity index (χ0n) is 15.8.